The van der Waals surface area contributed by atoms with E-state index in [1.807, 2.05) is 0 Å². The molecule has 2 aromatic rings. The Labute approximate surface area is 233 Å². The molecular weight excluding hydrogens is 527 g/mol. The zero-order valence-electron chi connectivity index (χ0n) is 21.9. The van der Waals surface area contributed by atoms with Crippen LogP contribution in [-0.2, 0) is 16.0 Å². The van der Waals surface area contributed by atoms with Gasteiger partial charge < -0.3 is 20.9 Å². The van der Waals surface area contributed by atoms with Crippen LogP contribution in [-0.4, -0.2) is 55.2 Å². The first-order valence-electron chi connectivity index (χ1n) is 12.6. The predicted octanol–water partition coefficient (Wildman–Crippen LogP) is 5.08. The highest BCUT2D eigenvalue weighted by Gasteiger charge is 2.42. The minimum Gasteiger partial charge on any atom is -0.345 e. The number of benzene rings is 2. The van der Waals surface area contributed by atoms with Crippen molar-refractivity contribution < 1.29 is 19.2 Å². The first kappa shape index (κ1) is 29.5. The van der Waals surface area contributed by atoms with Crippen molar-refractivity contribution >= 4 is 52.5 Å². The van der Waals surface area contributed by atoms with E-state index in [1.165, 1.54) is 6.92 Å². The van der Waals surface area contributed by atoms with E-state index in [1.54, 1.807) is 61.5 Å². The minimum absolute atomic E-state index is 0.138. The Hall–Kier alpha value is -3.10. The van der Waals surface area contributed by atoms with Gasteiger partial charge in [-0.2, -0.15) is 0 Å². The highest BCUT2D eigenvalue weighted by molar-refractivity contribution is 6.40. The lowest BCUT2D eigenvalue weighted by Crippen LogP contribution is -2.49. The topological polar surface area (TPSA) is 108 Å². The second-order valence-corrected chi connectivity index (χ2v) is 10.6. The number of Topliss-reactive ketones (excluding diaryl/α,β-unsaturated/α-hetero) is 1. The first-order chi connectivity index (χ1) is 18.1. The Morgan fingerprint density at radius 3 is 2.16 bits per heavy atom. The van der Waals surface area contributed by atoms with Crippen LogP contribution in [0, 0.1) is 5.41 Å². The van der Waals surface area contributed by atoms with E-state index in [-0.39, 0.29) is 33.3 Å². The molecule has 1 aliphatic carbocycles. The number of carbonyl (C=O) groups is 4. The molecule has 1 unspecified atom stereocenters. The molecule has 0 spiro atoms. The second-order valence-electron chi connectivity index (χ2n) is 9.80. The number of urea groups is 1. The molecule has 0 heterocycles. The highest BCUT2D eigenvalue weighted by atomic mass is 35.5. The van der Waals surface area contributed by atoms with Crippen LogP contribution in [0.5, 0.6) is 0 Å². The zero-order valence-corrected chi connectivity index (χ0v) is 23.4. The molecule has 0 aromatic heterocycles. The highest BCUT2D eigenvalue weighted by Crippen LogP contribution is 2.41. The van der Waals surface area contributed by atoms with Crippen LogP contribution < -0.4 is 16.0 Å². The summed E-state index contributed by atoms with van der Waals surface area (Å²) in [6.07, 6.45) is 4.20. The number of hydrogen-bond acceptors (Lipinski definition) is 4. The van der Waals surface area contributed by atoms with Gasteiger partial charge in [0.15, 0.2) is 5.78 Å². The van der Waals surface area contributed by atoms with E-state index in [4.69, 9.17) is 23.2 Å². The van der Waals surface area contributed by atoms with Gasteiger partial charge in [-0.15, -0.1) is 0 Å². The Kier molecular flexibility index (Phi) is 10.2. The number of nitrogens with one attached hydrogen (secondary N) is 3. The van der Waals surface area contributed by atoms with Gasteiger partial charge in [0.25, 0.3) is 5.91 Å². The summed E-state index contributed by atoms with van der Waals surface area (Å²) >= 11 is 12.2. The second kappa shape index (κ2) is 13.1. The van der Waals surface area contributed by atoms with Crippen LogP contribution in [0.2, 0.25) is 10.0 Å². The van der Waals surface area contributed by atoms with E-state index in [0.717, 1.165) is 31.2 Å². The smallest absolute Gasteiger partial charge is 0.316 e. The predicted molar refractivity (Wildman–Crippen MR) is 150 cm³/mol. The summed E-state index contributed by atoms with van der Waals surface area (Å²) in [5.74, 6) is -0.702. The Balaban J connectivity index is 1.65. The molecule has 4 amide bonds. The van der Waals surface area contributed by atoms with Crippen LogP contribution in [0.4, 0.5) is 10.5 Å². The molecule has 0 saturated heterocycles. The standard InChI is InChI=1S/C28H34Cl2N4O4/c1-18(35)23(33-26(37)28(13-4-5-14-28)15-16-34(3)27(38)31-2)17-19-9-11-20(12-10-19)32-25(36)24-21(29)7-6-8-22(24)30/h6-12,23H,4-5,13-17H2,1-3H3,(H,31,38)(H,32,36)(H,33,37). The molecule has 10 heteroatoms. The van der Waals surface area contributed by atoms with Gasteiger partial charge in [0.1, 0.15) is 0 Å². The molecule has 38 heavy (non-hydrogen) atoms. The molecule has 0 bridgehead atoms. The van der Waals surface area contributed by atoms with Crippen LogP contribution in [0.15, 0.2) is 42.5 Å². The van der Waals surface area contributed by atoms with E-state index in [2.05, 4.69) is 16.0 Å². The summed E-state index contributed by atoms with van der Waals surface area (Å²) in [5.41, 5.74) is 0.980. The van der Waals surface area contributed by atoms with Gasteiger partial charge in [0.05, 0.1) is 27.1 Å². The van der Waals surface area contributed by atoms with Gasteiger partial charge in [-0.1, -0.05) is 54.2 Å². The molecule has 3 rings (SSSR count). The average Bonchev–Trinajstić information content (AvgIpc) is 3.37. The summed E-state index contributed by atoms with van der Waals surface area (Å²) < 4.78 is 0. The number of anilines is 1. The van der Waals surface area contributed by atoms with Crippen molar-refractivity contribution in [2.75, 3.05) is 26.0 Å². The monoisotopic (exact) mass is 560 g/mol. The Morgan fingerprint density at radius 1 is 1.00 bits per heavy atom. The van der Waals surface area contributed by atoms with Crippen LogP contribution in [0.25, 0.3) is 0 Å². The number of amides is 4. The molecule has 0 radical (unpaired) electrons. The molecule has 204 valence electrons. The molecule has 8 nitrogen and oxygen atoms in total. The third-order valence-electron chi connectivity index (χ3n) is 7.17. The normalized spacial score (nSPS) is 14.9. The fraction of sp³-hybridized carbons (Fsp3) is 0.429. The van der Waals surface area contributed by atoms with E-state index >= 15 is 0 Å². The van der Waals surface area contributed by atoms with Crippen molar-refractivity contribution in [1.29, 1.82) is 0 Å². The average molecular weight is 562 g/mol. The van der Waals surface area contributed by atoms with Crippen molar-refractivity contribution in [3.05, 3.63) is 63.6 Å². The zero-order chi connectivity index (χ0) is 27.9. The maximum Gasteiger partial charge on any atom is 0.316 e. The van der Waals surface area contributed by atoms with Crippen molar-refractivity contribution in [2.24, 2.45) is 5.41 Å². The van der Waals surface area contributed by atoms with Gasteiger partial charge in [-0.3, -0.25) is 14.4 Å². The van der Waals surface area contributed by atoms with Gasteiger partial charge in [-0.05, 0) is 62.4 Å². The van der Waals surface area contributed by atoms with Crippen molar-refractivity contribution in [3.63, 3.8) is 0 Å². The lowest BCUT2D eigenvalue weighted by atomic mass is 9.81. The fourth-order valence-corrected chi connectivity index (χ4v) is 5.36. The number of hydrogen-bond donors (Lipinski definition) is 3. The van der Waals surface area contributed by atoms with Gasteiger partial charge >= 0.3 is 6.03 Å². The number of rotatable bonds is 10. The molecular formula is C28H34Cl2N4O4. The fourth-order valence-electron chi connectivity index (χ4n) is 4.79. The molecule has 1 aliphatic rings. The lowest BCUT2D eigenvalue weighted by Gasteiger charge is -2.31. The molecule has 1 saturated carbocycles. The van der Waals surface area contributed by atoms with Crippen molar-refractivity contribution in [2.45, 2.75) is 51.5 Å². The van der Waals surface area contributed by atoms with Gasteiger partial charge in [0.2, 0.25) is 5.91 Å². The Bertz CT molecular complexity index is 1160. The maximum atomic E-state index is 13.4. The number of ketones is 1. The minimum atomic E-state index is -0.681. The van der Waals surface area contributed by atoms with Crippen molar-refractivity contribution in [1.82, 2.24) is 15.5 Å². The van der Waals surface area contributed by atoms with Crippen LogP contribution >= 0.6 is 23.2 Å². The summed E-state index contributed by atoms with van der Waals surface area (Å²) in [6, 6.07) is 11.0. The number of carbonyl (C=O) groups excluding carboxylic acids is 4. The molecule has 1 atom stereocenters. The lowest BCUT2D eigenvalue weighted by molar-refractivity contribution is -0.134. The van der Waals surface area contributed by atoms with E-state index < -0.39 is 17.4 Å². The number of halogens is 2. The van der Waals surface area contributed by atoms with Gasteiger partial charge in [0, 0.05) is 26.3 Å². The molecule has 3 N–H and O–H groups in total. The van der Waals surface area contributed by atoms with E-state index in [9.17, 15) is 19.2 Å². The third kappa shape index (κ3) is 7.26. The van der Waals surface area contributed by atoms with E-state index in [0.29, 0.717) is 25.1 Å². The quantitative estimate of drug-likeness (QED) is 0.376. The van der Waals surface area contributed by atoms with Crippen LogP contribution in [0.1, 0.15) is 54.9 Å². The first-order valence-corrected chi connectivity index (χ1v) is 13.4. The Morgan fingerprint density at radius 2 is 1.61 bits per heavy atom. The molecule has 0 aliphatic heterocycles. The summed E-state index contributed by atoms with van der Waals surface area (Å²) in [4.78, 5) is 52.0. The summed E-state index contributed by atoms with van der Waals surface area (Å²) in [7, 11) is 3.27. The van der Waals surface area contributed by atoms with Crippen LogP contribution in [0.3, 0.4) is 0 Å². The van der Waals surface area contributed by atoms with Crippen molar-refractivity contribution in [3.8, 4) is 0 Å². The largest absolute Gasteiger partial charge is 0.345 e. The third-order valence-corrected chi connectivity index (χ3v) is 7.80. The SMILES string of the molecule is CNC(=O)N(C)CCC1(C(=O)NC(Cc2ccc(NC(=O)c3c(Cl)cccc3Cl)cc2)C(C)=O)CCCC1. The molecule has 1 fully saturated rings. The van der Waals surface area contributed by atoms with Gasteiger partial charge in [-0.25, -0.2) is 4.79 Å². The number of nitrogens with zero attached hydrogens (tertiary/aromatic N) is 1. The molecule has 2 aromatic carbocycles. The summed E-state index contributed by atoms with van der Waals surface area (Å²) in [6.45, 7) is 1.91. The maximum absolute atomic E-state index is 13.4. The summed E-state index contributed by atoms with van der Waals surface area (Å²) in [5, 5.41) is 8.87.